The van der Waals surface area contributed by atoms with Gasteiger partial charge in [0.25, 0.3) is 0 Å². The zero-order valence-electron chi connectivity index (χ0n) is 11.6. The van der Waals surface area contributed by atoms with Crippen molar-refractivity contribution in [2.24, 2.45) is 0 Å². The van der Waals surface area contributed by atoms with E-state index < -0.39 is 0 Å². The number of methoxy groups -OCH3 is 1. The van der Waals surface area contributed by atoms with E-state index in [0.29, 0.717) is 24.3 Å². The lowest BCUT2D eigenvalue weighted by atomic mass is 9.86. The van der Waals surface area contributed by atoms with Gasteiger partial charge < -0.3 is 9.47 Å². The molecule has 2 aromatic carbocycles. The second-order valence-electron chi connectivity index (χ2n) is 4.94. The van der Waals surface area contributed by atoms with Crippen molar-refractivity contribution in [1.29, 1.82) is 0 Å². The van der Waals surface area contributed by atoms with Gasteiger partial charge in [-0.1, -0.05) is 18.2 Å². The van der Waals surface area contributed by atoms with Crippen molar-refractivity contribution in [3.8, 4) is 11.5 Å². The van der Waals surface area contributed by atoms with Crippen LogP contribution in [0.4, 0.5) is 0 Å². The smallest absolute Gasteiger partial charge is 0.174 e. The van der Waals surface area contributed by atoms with Crippen molar-refractivity contribution in [3.63, 3.8) is 0 Å². The summed E-state index contributed by atoms with van der Waals surface area (Å²) in [5, 5.41) is 0. The van der Waals surface area contributed by atoms with Crippen molar-refractivity contribution in [3.05, 3.63) is 57.2 Å². The molecule has 2 aromatic rings. The quantitative estimate of drug-likeness (QED) is 0.582. The van der Waals surface area contributed by atoms with Crippen molar-refractivity contribution in [2.75, 3.05) is 13.7 Å². The molecule has 108 valence electrons. The van der Waals surface area contributed by atoms with Gasteiger partial charge in [0, 0.05) is 9.13 Å². The Bertz CT molecular complexity index is 681. The van der Waals surface area contributed by atoms with E-state index in [1.165, 1.54) is 0 Å². The van der Waals surface area contributed by atoms with Gasteiger partial charge in [-0.2, -0.15) is 0 Å². The number of rotatable bonds is 3. The van der Waals surface area contributed by atoms with Crippen LogP contribution in [0, 0.1) is 3.57 Å². The van der Waals surface area contributed by atoms with Gasteiger partial charge in [0.15, 0.2) is 5.78 Å². The first-order valence-corrected chi connectivity index (χ1v) is 7.88. The fourth-order valence-electron chi connectivity index (χ4n) is 2.67. The van der Waals surface area contributed by atoms with E-state index >= 15 is 0 Å². The summed E-state index contributed by atoms with van der Waals surface area (Å²) in [7, 11) is 1.59. The van der Waals surface area contributed by atoms with Gasteiger partial charge in [-0.3, -0.25) is 4.79 Å². The van der Waals surface area contributed by atoms with Gasteiger partial charge in [-0.15, -0.1) is 0 Å². The SMILES string of the molecule is COc1ccc(I)cc1C(=O)C1CCOc2ccccc21. The molecule has 3 nitrogen and oxygen atoms in total. The average molecular weight is 394 g/mol. The van der Waals surface area contributed by atoms with Crippen molar-refractivity contribution in [1.82, 2.24) is 0 Å². The lowest BCUT2D eigenvalue weighted by molar-refractivity contribution is 0.0930. The maximum absolute atomic E-state index is 13.0. The predicted molar refractivity (Wildman–Crippen MR) is 89.3 cm³/mol. The van der Waals surface area contributed by atoms with Crippen LogP contribution in [-0.4, -0.2) is 19.5 Å². The third-order valence-corrected chi connectivity index (χ3v) is 4.37. The minimum absolute atomic E-state index is 0.0983. The van der Waals surface area contributed by atoms with Gasteiger partial charge in [0.05, 0.1) is 25.2 Å². The van der Waals surface area contributed by atoms with E-state index in [9.17, 15) is 4.79 Å². The first kappa shape index (κ1) is 14.4. The van der Waals surface area contributed by atoms with Crippen LogP contribution >= 0.6 is 22.6 Å². The normalized spacial score (nSPS) is 16.8. The van der Waals surface area contributed by atoms with E-state index in [-0.39, 0.29) is 11.7 Å². The first-order valence-electron chi connectivity index (χ1n) is 6.80. The van der Waals surface area contributed by atoms with Gasteiger partial charge >= 0.3 is 0 Å². The zero-order chi connectivity index (χ0) is 14.8. The number of carbonyl (C=O) groups excluding carboxylic acids is 1. The van der Waals surface area contributed by atoms with E-state index in [4.69, 9.17) is 9.47 Å². The summed E-state index contributed by atoms with van der Waals surface area (Å²) in [6.45, 7) is 0.569. The van der Waals surface area contributed by atoms with Crippen LogP contribution < -0.4 is 9.47 Å². The summed E-state index contributed by atoms with van der Waals surface area (Å²) in [6, 6.07) is 13.4. The topological polar surface area (TPSA) is 35.5 Å². The van der Waals surface area contributed by atoms with Crippen LogP contribution in [0.15, 0.2) is 42.5 Å². The Hall–Kier alpha value is -1.56. The van der Waals surface area contributed by atoms with Crippen LogP contribution in [0.5, 0.6) is 11.5 Å². The molecule has 0 amide bonds. The van der Waals surface area contributed by atoms with Crippen LogP contribution in [0.25, 0.3) is 0 Å². The van der Waals surface area contributed by atoms with Crippen molar-refractivity contribution < 1.29 is 14.3 Å². The van der Waals surface area contributed by atoms with Crippen LogP contribution in [0.2, 0.25) is 0 Å². The minimum atomic E-state index is -0.165. The molecule has 0 aromatic heterocycles. The highest BCUT2D eigenvalue weighted by Gasteiger charge is 2.29. The number of carbonyl (C=O) groups is 1. The fraction of sp³-hybridized carbons (Fsp3) is 0.235. The molecule has 1 heterocycles. The van der Waals surface area contributed by atoms with Gasteiger partial charge in [0.1, 0.15) is 11.5 Å². The van der Waals surface area contributed by atoms with Crippen LogP contribution in [0.3, 0.4) is 0 Å². The number of Topliss-reactive ketones (excluding diaryl/α,β-unsaturated/α-hetero) is 1. The molecule has 0 bridgehead atoms. The number of halogens is 1. The molecule has 1 aliphatic rings. The number of hydrogen-bond acceptors (Lipinski definition) is 3. The summed E-state index contributed by atoms with van der Waals surface area (Å²) in [4.78, 5) is 13.0. The number of ketones is 1. The Morgan fingerprint density at radius 2 is 2.10 bits per heavy atom. The summed E-state index contributed by atoms with van der Waals surface area (Å²) >= 11 is 2.21. The molecule has 0 spiro atoms. The Kier molecular flexibility index (Phi) is 4.14. The van der Waals surface area contributed by atoms with Crippen molar-refractivity contribution >= 4 is 28.4 Å². The average Bonchev–Trinajstić information content (AvgIpc) is 2.53. The van der Waals surface area contributed by atoms with Gasteiger partial charge in [-0.05, 0) is 53.3 Å². The first-order chi connectivity index (χ1) is 10.2. The molecule has 3 rings (SSSR count). The van der Waals surface area contributed by atoms with E-state index in [1.54, 1.807) is 7.11 Å². The third kappa shape index (κ3) is 2.77. The zero-order valence-corrected chi connectivity index (χ0v) is 13.8. The van der Waals surface area contributed by atoms with Gasteiger partial charge in [-0.25, -0.2) is 0 Å². The molecule has 4 heteroatoms. The van der Waals surface area contributed by atoms with E-state index in [2.05, 4.69) is 22.6 Å². The van der Waals surface area contributed by atoms with E-state index in [0.717, 1.165) is 14.9 Å². The molecule has 1 aliphatic heterocycles. The molecule has 1 unspecified atom stereocenters. The second kappa shape index (κ2) is 6.05. The lowest BCUT2D eigenvalue weighted by Crippen LogP contribution is -2.22. The molecule has 0 N–H and O–H groups in total. The summed E-state index contributed by atoms with van der Waals surface area (Å²) in [6.07, 6.45) is 0.699. The number of fused-ring (bicyclic) bond motifs is 1. The molecular formula is C17H15IO3. The minimum Gasteiger partial charge on any atom is -0.496 e. The van der Waals surface area contributed by atoms with Crippen molar-refractivity contribution in [2.45, 2.75) is 12.3 Å². The number of para-hydroxylation sites is 1. The highest BCUT2D eigenvalue weighted by Crippen LogP contribution is 2.37. The largest absolute Gasteiger partial charge is 0.496 e. The molecule has 0 saturated heterocycles. The summed E-state index contributed by atoms with van der Waals surface area (Å²) in [5.41, 5.74) is 1.61. The van der Waals surface area contributed by atoms with E-state index in [1.807, 2.05) is 42.5 Å². The second-order valence-corrected chi connectivity index (χ2v) is 6.18. The molecule has 0 fully saturated rings. The number of benzene rings is 2. The van der Waals surface area contributed by atoms with Crippen LogP contribution in [0.1, 0.15) is 28.3 Å². The molecule has 21 heavy (non-hydrogen) atoms. The highest BCUT2D eigenvalue weighted by molar-refractivity contribution is 14.1. The Labute approximate surface area is 137 Å². The Balaban J connectivity index is 2.02. The standard InChI is InChI=1S/C17H15IO3/c1-20-15-7-6-11(18)10-14(15)17(19)13-8-9-21-16-5-3-2-4-12(13)16/h2-7,10,13H,8-9H2,1H3. The molecule has 0 saturated carbocycles. The lowest BCUT2D eigenvalue weighted by Gasteiger charge is -2.25. The fourth-order valence-corrected chi connectivity index (χ4v) is 3.17. The summed E-state index contributed by atoms with van der Waals surface area (Å²) < 4.78 is 12.0. The predicted octanol–water partition coefficient (Wildman–Crippen LogP) is 4.05. The maximum Gasteiger partial charge on any atom is 0.174 e. The molecular weight excluding hydrogens is 379 g/mol. The Morgan fingerprint density at radius 1 is 1.29 bits per heavy atom. The molecule has 1 atom stereocenters. The van der Waals surface area contributed by atoms with Gasteiger partial charge in [0.2, 0.25) is 0 Å². The summed E-state index contributed by atoms with van der Waals surface area (Å²) in [5.74, 6) is 1.37. The third-order valence-electron chi connectivity index (χ3n) is 3.70. The maximum atomic E-state index is 13.0. The monoisotopic (exact) mass is 394 g/mol. The highest BCUT2D eigenvalue weighted by atomic mass is 127. The number of hydrogen-bond donors (Lipinski definition) is 0. The Morgan fingerprint density at radius 3 is 2.90 bits per heavy atom. The van der Waals surface area contributed by atoms with Crippen LogP contribution in [-0.2, 0) is 0 Å². The molecule has 0 aliphatic carbocycles. The number of ether oxygens (including phenoxy) is 2. The molecule has 0 radical (unpaired) electrons.